The summed E-state index contributed by atoms with van der Waals surface area (Å²) in [6, 6.07) is 6.51. The predicted octanol–water partition coefficient (Wildman–Crippen LogP) is 4.20. The van der Waals surface area contributed by atoms with Crippen LogP contribution in [0.1, 0.15) is 30.0 Å². The van der Waals surface area contributed by atoms with E-state index in [4.69, 9.17) is 4.74 Å². The van der Waals surface area contributed by atoms with Crippen molar-refractivity contribution in [1.82, 2.24) is 4.98 Å². The third-order valence-corrected chi connectivity index (χ3v) is 4.45. The number of hydrogen-bond donors (Lipinski definition) is 0. The van der Waals surface area contributed by atoms with Gasteiger partial charge in [-0.15, -0.1) is 0 Å². The van der Waals surface area contributed by atoms with Crippen molar-refractivity contribution in [2.24, 2.45) is 0 Å². The fraction of sp³-hybridized carbons (Fsp3) is 0.400. The summed E-state index contributed by atoms with van der Waals surface area (Å²) in [7, 11) is 0. The maximum absolute atomic E-state index is 5.42. The Morgan fingerprint density at radius 1 is 1.28 bits per heavy atom. The average Bonchev–Trinajstić information content (AvgIpc) is 2.40. The van der Waals surface area contributed by atoms with Crippen LogP contribution in [0.15, 0.2) is 28.9 Å². The second kappa shape index (κ2) is 4.98. The second-order valence-electron chi connectivity index (χ2n) is 4.93. The Labute approximate surface area is 115 Å². The van der Waals surface area contributed by atoms with Crippen molar-refractivity contribution in [2.75, 3.05) is 13.2 Å². The minimum absolute atomic E-state index is 0.527. The lowest BCUT2D eigenvalue weighted by Gasteiger charge is -2.23. The van der Waals surface area contributed by atoms with Crippen molar-refractivity contribution in [3.8, 4) is 0 Å². The monoisotopic (exact) mass is 305 g/mol. The van der Waals surface area contributed by atoms with Crippen LogP contribution < -0.4 is 0 Å². The third kappa shape index (κ3) is 2.17. The Morgan fingerprint density at radius 2 is 2.06 bits per heavy atom. The van der Waals surface area contributed by atoms with Gasteiger partial charge in [-0.05, 0) is 47.1 Å². The predicted molar refractivity (Wildman–Crippen MR) is 77.0 cm³/mol. The molecule has 0 bridgehead atoms. The molecule has 0 aliphatic carbocycles. The van der Waals surface area contributed by atoms with Gasteiger partial charge >= 0.3 is 0 Å². The van der Waals surface area contributed by atoms with Gasteiger partial charge in [-0.1, -0.05) is 17.7 Å². The van der Waals surface area contributed by atoms with Crippen LogP contribution in [-0.4, -0.2) is 18.2 Å². The summed E-state index contributed by atoms with van der Waals surface area (Å²) in [5.74, 6) is 0.527. The van der Waals surface area contributed by atoms with Crippen molar-refractivity contribution in [3.05, 3.63) is 40.1 Å². The second-order valence-corrected chi connectivity index (χ2v) is 5.73. The summed E-state index contributed by atoms with van der Waals surface area (Å²) in [6.45, 7) is 3.81. The van der Waals surface area contributed by atoms with E-state index in [0.29, 0.717) is 5.92 Å². The lowest BCUT2D eigenvalue weighted by atomic mass is 9.94. The van der Waals surface area contributed by atoms with E-state index < -0.39 is 0 Å². The topological polar surface area (TPSA) is 22.1 Å². The molecule has 2 heterocycles. The molecule has 0 atom stereocenters. The molecule has 0 unspecified atom stereocenters. The molecule has 3 rings (SSSR count). The van der Waals surface area contributed by atoms with E-state index in [2.05, 4.69) is 46.0 Å². The first-order valence-corrected chi connectivity index (χ1v) is 7.17. The summed E-state index contributed by atoms with van der Waals surface area (Å²) in [6.07, 6.45) is 4.14. The summed E-state index contributed by atoms with van der Waals surface area (Å²) in [5.41, 5.74) is 2.46. The number of rotatable bonds is 1. The molecule has 1 aromatic carbocycles. The molecule has 1 aliphatic heterocycles. The van der Waals surface area contributed by atoms with Gasteiger partial charge in [0.15, 0.2) is 0 Å². The summed E-state index contributed by atoms with van der Waals surface area (Å²) in [5, 5.41) is 2.47. The highest BCUT2D eigenvalue weighted by Gasteiger charge is 2.20. The van der Waals surface area contributed by atoms with E-state index in [1.807, 2.05) is 6.20 Å². The van der Waals surface area contributed by atoms with Crippen LogP contribution in [-0.2, 0) is 4.74 Å². The Hall–Kier alpha value is -0.930. The number of benzene rings is 1. The Bertz CT molecular complexity index is 576. The van der Waals surface area contributed by atoms with Crippen molar-refractivity contribution < 1.29 is 4.74 Å². The molecule has 1 aliphatic rings. The van der Waals surface area contributed by atoms with Gasteiger partial charge in [0.05, 0.1) is 5.69 Å². The number of aryl methyl sites for hydroxylation is 1. The van der Waals surface area contributed by atoms with E-state index in [9.17, 15) is 0 Å². The van der Waals surface area contributed by atoms with E-state index >= 15 is 0 Å². The number of halogens is 1. The zero-order valence-electron chi connectivity index (χ0n) is 10.4. The molecule has 3 heteroatoms. The maximum Gasteiger partial charge on any atom is 0.0584 e. The van der Waals surface area contributed by atoms with Gasteiger partial charge in [-0.3, -0.25) is 4.98 Å². The number of fused-ring (bicyclic) bond motifs is 1. The minimum atomic E-state index is 0.527. The van der Waals surface area contributed by atoms with Gasteiger partial charge in [-0.25, -0.2) is 0 Å². The van der Waals surface area contributed by atoms with Crippen molar-refractivity contribution in [2.45, 2.75) is 25.7 Å². The van der Waals surface area contributed by atoms with Crippen LogP contribution in [0.2, 0.25) is 0 Å². The number of nitrogens with zero attached hydrogens (tertiary/aromatic N) is 1. The highest BCUT2D eigenvalue weighted by Crippen LogP contribution is 2.35. The van der Waals surface area contributed by atoms with Gasteiger partial charge in [-0.2, -0.15) is 0 Å². The van der Waals surface area contributed by atoms with Gasteiger partial charge in [0.1, 0.15) is 0 Å². The molecule has 1 fully saturated rings. The molecule has 0 spiro atoms. The van der Waals surface area contributed by atoms with Gasteiger partial charge < -0.3 is 4.74 Å². The molecule has 2 nitrogen and oxygen atoms in total. The smallest absolute Gasteiger partial charge is 0.0584 e. The van der Waals surface area contributed by atoms with E-state index in [1.54, 1.807) is 0 Å². The van der Waals surface area contributed by atoms with Crippen LogP contribution >= 0.6 is 15.9 Å². The molecule has 1 aromatic heterocycles. The normalized spacial score (nSPS) is 17.2. The molecule has 0 radical (unpaired) electrons. The standard InChI is InChI=1S/C15H16BrNO/c1-10-2-3-13-12(8-10)9-17-15(14(13)16)11-4-6-18-7-5-11/h2-3,8-9,11H,4-7H2,1H3. The number of pyridine rings is 1. The van der Waals surface area contributed by atoms with Crippen molar-refractivity contribution in [3.63, 3.8) is 0 Å². The molecule has 0 saturated carbocycles. The lowest BCUT2D eigenvalue weighted by Crippen LogP contribution is -2.15. The quantitative estimate of drug-likeness (QED) is 0.788. The van der Waals surface area contributed by atoms with E-state index in [0.717, 1.165) is 30.5 Å². The first kappa shape index (κ1) is 12.1. The lowest BCUT2D eigenvalue weighted by molar-refractivity contribution is 0.0844. The Kier molecular flexibility index (Phi) is 3.35. The van der Waals surface area contributed by atoms with Crippen LogP contribution in [0.25, 0.3) is 10.8 Å². The van der Waals surface area contributed by atoms with Crippen LogP contribution in [0.4, 0.5) is 0 Å². The summed E-state index contributed by atoms with van der Waals surface area (Å²) in [4.78, 5) is 4.67. The highest BCUT2D eigenvalue weighted by atomic mass is 79.9. The highest BCUT2D eigenvalue weighted by molar-refractivity contribution is 9.10. The minimum Gasteiger partial charge on any atom is -0.381 e. The van der Waals surface area contributed by atoms with Crippen molar-refractivity contribution in [1.29, 1.82) is 0 Å². The van der Waals surface area contributed by atoms with E-state index in [-0.39, 0.29) is 0 Å². The largest absolute Gasteiger partial charge is 0.381 e. The van der Waals surface area contributed by atoms with E-state index in [1.165, 1.54) is 22.0 Å². The SMILES string of the molecule is Cc1ccc2c(Br)c(C3CCOCC3)ncc2c1. The molecule has 0 N–H and O–H groups in total. The Balaban J connectivity index is 2.08. The average molecular weight is 306 g/mol. The van der Waals surface area contributed by atoms with Crippen LogP contribution in [0, 0.1) is 6.92 Å². The van der Waals surface area contributed by atoms with Crippen LogP contribution in [0.5, 0.6) is 0 Å². The maximum atomic E-state index is 5.42. The van der Waals surface area contributed by atoms with Gasteiger partial charge in [0.25, 0.3) is 0 Å². The summed E-state index contributed by atoms with van der Waals surface area (Å²) < 4.78 is 6.58. The Morgan fingerprint density at radius 3 is 2.83 bits per heavy atom. The molecule has 94 valence electrons. The van der Waals surface area contributed by atoms with Crippen molar-refractivity contribution >= 4 is 26.7 Å². The van der Waals surface area contributed by atoms with Gasteiger partial charge in [0, 0.05) is 35.2 Å². The van der Waals surface area contributed by atoms with Crippen LogP contribution in [0.3, 0.4) is 0 Å². The molecular formula is C15H16BrNO. The first-order valence-electron chi connectivity index (χ1n) is 6.38. The zero-order chi connectivity index (χ0) is 12.5. The first-order chi connectivity index (χ1) is 8.75. The molecule has 18 heavy (non-hydrogen) atoms. The summed E-state index contributed by atoms with van der Waals surface area (Å²) >= 11 is 3.74. The molecular weight excluding hydrogens is 290 g/mol. The fourth-order valence-corrected chi connectivity index (χ4v) is 3.37. The number of hydrogen-bond acceptors (Lipinski definition) is 2. The zero-order valence-corrected chi connectivity index (χ0v) is 12.0. The fourth-order valence-electron chi connectivity index (χ4n) is 2.58. The van der Waals surface area contributed by atoms with Gasteiger partial charge in [0.2, 0.25) is 0 Å². The molecule has 1 saturated heterocycles. The molecule has 0 amide bonds. The number of aromatic nitrogens is 1. The molecule has 2 aromatic rings. The number of ether oxygens (including phenoxy) is 1. The third-order valence-electron chi connectivity index (χ3n) is 3.62.